The fraction of sp³-hybridized carbons (Fsp3) is 0.143. The Balaban J connectivity index is 1.87. The summed E-state index contributed by atoms with van der Waals surface area (Å²) in [5, 5.41) is 13.3. The minimum absolute atomic E-state index is 0.00975. The summed E-state index contributed by atoms with van der Waals surface area (Å²) < 4.78 is 29.9. The van der Waals surface area contributed by atoms with Gasteiger partial charge >= 0.3 is 10.1 Å². The summed E-state index contributed by atoms with van der Waals surface area (Å²) in [5.74, 6) is -1.25. The van der Waals surface area contributed by atoms with Gasteiger partial charge in [-0.3, -0.25) is 19.9 Å². The number of anilines is 1. The molecule has 2 aromatic rings. The molecule has 10 heteroatoms. The molecule has 0 fully saturated rings. The largest absolute Gasteiger partial charge is 0.379 e. The van der Waals surface area contributed by atoms with E-state index in [0.717, 1.165) is 4.90 Å². The maximum atomic E-state index is 12.6. The van der Waals surface area contributed by atoms with Crippen LogP contribution in [0.15, 0.2) is 75.7 Å². The number of carbonyl (C=O) groups is 2. The van der Waals surface area contributed by atoms with Gasteiger partial charge in [-0.25, -0.2) is 0 Å². The molecule has 0 unspecified atom stereocenters. The molecule has 1 aliphatic rings. The van der Waals surface area contributed by atoms with Crippen LogP contribution in [-0.2, 0) is 19.7 Å². The van der Waals surface area contributed by atoms with Crippen molar-refractivity contribution in [2.45, 2.75) is 18.7 Å². The van der Waals surface area contributed by atoms with E-state index in [-0.39, 0.29) is 34.0 Å². The smallest absolute Gasteiger partial charge is 0.339 e. The zero-order valence-electron chi connectivity index (χ0n) is 16.7. The van der Waals surface area contributed by atoms with Crippen LogP contribution in [0.3, 0.4) is 0 Å². The number of hydrogen-bond acceptors (Lipinski definition) is 8. The normalized spacial score (nSPS) is 15.8. The summed E-state index contributed by atoms with van der Waals surface area (Å²) in [4.78, 5) is 25.7. The average molecular weight is 438 g/mol. The van der Waals surface area contributed by atoms with Gasteiger partial charge in [0, 0.05) is 18.2 Å². The molecule has 158 valence electrons. The van der Waals surface area contributed by atoms with Crippen molar-refractivity contribution in [3.63, 3.8) is 0 Å². The van der Waals surface area contributed by atoms with Crippen LogP contribution in [0.2, 0.25) is 0 Å². The van der Waals surface area contributed by atoms with E-state index in [9.17, 15) is 23.3 Å². The van der Waals surface area contributed by atoms with E-state index >= 15 is 0 Å². The van der Waals surface area contributed by atoms with Gasteiger partial charge in [-0.15, -0.1) is 0 Å². The van der Waals surface area contributed by atoms with Crippen LogP contribution in [0.4, 0.5) is 5.69 Å². The van der Waals surface area contributed by atoms with Crippen molar-refractivity contribution in [1.82, 2.24) is 4.90 Å². The van der Waals surface area contributed by atoms with Gasteiger partial charge in [0.25, 0.3) is 11.8 Å². The Kier molecular flexibility index (Phi) is 6.17. The van der Waals surface area contributed by atoms with Gasteiger partial charge in [0.1, 0.15) is 22.3 Å². The zero-order chi connectivity index (χ0) is 22.6. The second kappa shape index (κ2) is 8.81. The lowest BCUT2D eigenvalue weighted by Crippen LogP contribution is -2.46. The third kappa shape index (κ3) is 4.46. The predicted molar refractivity (Wildman–Crippen MR) is 112 cm³/mol. The molecule has 0 bridgehead atoms. The van der Waals surface area contributed by atoms with Gasteiger partial charge in [0.2, 0.25) is 0 Å². The maximum Gasteiger partial charge on any atom is 0.339 e. The number of amides is 2. The second-order valence-electron chi connectivity index (χ2n) is 6.42. The van der Waals surface area contributed by atoms with Crippen molar-refractivity contribution in [3.8, 4) is 11.8 Å². The monoisotopic (exact) mass is 438 g/mol. The number of hydrogen-bond donors (Lipinski definition) is 1. The maximum absolute atomic E-state index is 12.6. The highest BCUT2D eigenvalue weighted by Crippen LogP contribution is 2.23. The molecule has 0 aliphatic carbocycles. The highest BCUT2D eigenvalue weighted by atomic mass is 32.2. The summed E-state index contributed by atoms with van der Waals surface area (Å²) in [6.45, 7) is 3.17. The minimum atomic E-state index is -4.02. The second-order valence-corrected chi connectivity index (χ2v) is 7.96. The predicted octanol–water partition coefficient (Wildman–Crippen LogP) is 2.45. The molecule has 2 amide bonds. The van der Waals surface area contributed by atoms with Crippen molar-refractivity contribution in [2.24, 2.45) is 5.10 Å². The molecule has 0 aromatic heterocycles. The third-order valence-electron chi connectivity index (χ3n) is 4.43. The number of hydrazone groups is 1. The fourth-order valence-corrected chi connectivity index (χ4v) is 3.79. The standard InChI is InChI=1S/C21H18N4O5S/c1-3-25-20(26)18(13-22)14(2)19(21(25)27)24-23-15-8-7-9-16(12-15)30-31(28,29)17-10-5-4-6-11-17/h4-12,23H,3H2,1-2H3/b24-19+. The summed E-state index contributed by atoms with van der Waals surface area (Å²) >= 11 is 0. The first-order chi connectivity index (χ1) is 14.8. The van der Waals surface area contributed by atoms with E-state index in [1.807, 2.05) is 6.07 Å². The van der Waals surface area contributed by atoms with Crippen molar-refractivity contribution < 1.29 is 22.2 Å². The van der Waals surface area contributed by atoms with Crippen LogP contribution in [0.25, 0.3) is 0 Å². The molecule has 1 heterocycles. The van der Waals surface area contributed by atoms with Gasteiger partial charge in [-0.05, 0) is 38.1 Å². The Morgan fingerprint density at radius 2 is 1.81 bits per heavy atom. The van der Waals surface area contributed by atoms with Crippen molar-refractivity contribution in [3.05, 3.63) is 65.7 Å². The van der Waals surface area contributed by atoms with Crippen molar-refractivity contribution >= 4 is 33.3 Å². The molecule has 0 radical (unpaired) electrons. The van der Waals surface area contributed by atoms with E-state index in [2.05, 4.69) is 10.5 Å². The topological polar surface area (TPSA) is 129 Å². The summed E-state index contributed by atoms with van der Waals surface area (Å²) in [6.07, 6.45) is 0. The van der Waals surface area contributed by atoms with Gasteiger partial charge in [-0.1, -0.05) is 24.3 Å². The number of likely N-dealkylation sites (N-methyl/N-ethyl adjacent to an activating group) is 1. The number of rotatable bonds is 6. The molecule has 31 heavy (non-hydrogen) atoms. The third-order valence-corrected chi connectivity index (χ3v) is 5.70. The molecule has 1 N–H and O–H groups in total. The molecule has 9 nitrogen and oxygen atoms in total. The lowest BCUT2D eigenvalue weighted by Gasteiger charge is -2.25. The number of imide groups is 1. The van der Waals surface area contributed by atoms with E-state index in [1.54, 1.807) is 37.3 Å². The minimum Gasteiger partial charge on any atom is -0.379 e. The summed E-state index contributed by atoms with van der Waals surface area (Å²) in [7, 11) is -4.02. The molecule has 1 aliphatic heterocycles. The Hall–Kier alpha value is -3.97. The highest BCUT2D eigenvalue weighted by molar-refractivity contribution is 7.87. The molecular weight excluding hydrogens is 420 g/mol. The van der Waals surface area contributed by atoms with E-state index in [1.165, 1.54) is 31.2 Å². The van der Waals surface area contributed by atoms with Crippen molar-refractivity contribution in [1.29, 1.82) is 5.26 Å². The number of carbonyl (C=O) groups excluding carboxylic acids is 2. The Morgan fingerprint density at radius 1 is 1.10 bits per heavy atom. The molecule has 0 atom stereocenters. The molecule has 2 aromatic carbocycles. The molecule has 0 saturated heterocycles. The SMILES string of the molecule is CCN1C(=O)C(C#N)=C(C)/C(=N\Nc2cccc(OS(=O)(=O)c3ccccc3)c2)C1=O. The zero-order valence-corrected chi connectivity index (χ0v) is 17.5. The van der Waals surface area contributed by atoms with Gasteiger partial charge in [0.15, 0.2) is 5.71 Å². The van der Waals surface area contributed by atoms with E-state index in [0.29, 0.717) is 5.69 Å². The van der Waals surface area contributed by atoms with Crippen LogP contribution >= 0.6 is 0 Å². The Morgan fingerprint density at radius 3 is 2.45 bits per heavy atom. The quantitative estimate of drug-likeness (QED) is 0.417. The van der Waals surface area contributed by atoms with Crippen LogP contribution in [0.5, 0.6) is 5.75 Å². The number of nitriles is 1. The van der Waals surface area contributed by atoms with Crippen LogP contribution in [0.1, 0.15) is 13.8 Å². The number of nitrogens with one attached hydrogen (secondary N) is 1. The number of benzene rings is 2. The van der Waals surface area contributed by atoms with Gasteiger partial charge in [-0.2, -0.15) is 18.8 Å². The van der Waals surface area contributed by atoms with Crippen LogP contribution in [-0.4, -0.2) is 37.4 Å². The lowest BCUT2D eigenvalue weighted by atomic mass is 9.99. The van der Waals surface area contributed by atoms with Crippen molar-refractivity contribution in [2.75, 3.05) is 12.0 Å². The lowest BCUT2D eigenvalue weighted by molar-refractivity contribution is -0.138. The Labute approximate surface area is 179 Å². The van der Waals surface area contributed by atoms with Gasteiger partial charge < -0.3 is 4.18 Å². The molecular formula is C21H18N4O5S. The van der Waals surface area contributed by atoms with E-state index < -0.39 is 21.9 Å². The molecule has 0 saturated carbocycles. The summed E-state index contributed by atoms with van der Waals surface area (Å²) in [5.41, 5.74) is 2.92. The average Bonchev–Trinajstić information content (AvgIpc) is 2.75. The van der Waals surface area contributed by atoms with E-state index in [4.69, 9.17) is 4.18 Å². The number of nitrogens with zero attached hydrogens (tertiary/aromatic N) is 3. The first-order valence-corrected chi connectivity index (χ1v) is 10.6. The van der Waals surface area contributed by atoms with Crippen LogP contribution < -0.4 is 9.61 Å². The Bertz CT molecular complexity index is 1240. The first kappa shape index (κ1) is 21.7. The van der Waals surface area contributed by atoms with Gasteiger partial charge in [0.05, 0.1) is 5.69 Å². The summed E-state index contributed by atoms with van der Waals surface area (Å²) in [6, 6.07) is 15.5. The molecule has 0 spiro atoms. The molecule has 3 rings (SSSR count). The van der Waals surface area contributed by atoms with Crippen LogP contribution in [0, 0.1) is 11.3 Å². The fourth-order valence-electron chi connectivity index (χ4n) is 2.84. The highest BCUT2D eigenvalue weighted by Gasteiger charge is 2.35. The first-order valence-electron chi connectivity index (χ1n) is 9.19.